The summed E-state index contributed by atoms with van der Waals surface area (Å²) in [6, 6.07) is 14.1. The lowest BCUT2D eigenvalue weighted by Gasteiger charge is -2.04. The molecule has 22 heavy (non-hydrogen) atoms. The van der Waals surface area contributed by atoms with Crippen LogP contribution in [0, 0.1) is 0 Å². The molecule has 7 heteroatoms. The largest absolute Gasteiger partial charge is 0.320 e. The highest BCUT2D eigenvalue weighted by molar-refractivity contribution is 6.35. The minimum atomic E-state index is -0.388. The molecule has 110 valence electrons. The molecule has 0 aliphatic rings. The fourth-order valence-corrected chi connectivity index (χ4v) is 2.40. The zero-order chi connectivity index (χ0) is 15.5. The second-order valence-electron chi connectivity index (χ2n) is 4.47. The van der Waals surface area contributed by atoms with Gasteiger partial charge in [0, 0.05) is 15.7 Å². The number of carbonyl (C=O) groups is 1. The van der Waals surface area contributed by atoms with Gasteiger partial charge in [-0.2, -0.15) is 9.90 Å². The number of para-hydroxylation sites is 1. The molecule has 0 spiro atoms. The molecule has 5 nitrogen and oxygen atoms in total. The van der Waals surface area contributed by atoms with Gasteiger partial charge >= 0.3 is 0 Å². The number of nitrogens with zero attached hydrogens (tertiary/aromatic N) is 3. The van der Waals surface area contributed by atoms with Crippen LogP contribution < -0.4 is 5.32 Å². The first-order valence-electron chi connectivity index (χ1n) is 6.37. The van der Waals surface area contributed by atoms with Gasteiger partial charge in [0.1, 0.15) is 0 Å². The van der Waals surface area contributed by atoms with Crippen molar-refractivity contribution in [3.05, 3.63) is 70.5 Å². The Hall–Kier alpha value is -2.37. The van der Waals surface area contributed by atoms with Gasteiger partial charge < -0.3 is 5.32 Å². The highest BCUT2D eigenvalue weighted by Crippen LogP contribution is 2.22. The maximum atomic E-state index is 12.2. The standard InChI is InChI=1S/C15H10Cl2N4O/c16-10-6-11(17)8-12(7-10)19-15(22)14-9-18-21(20-14)13-4-2-1-3-5-13/h1-9H,(H,19,22). The van der Waals surface area contributed by atoms with Gasteiger partial charge in [-0.3, -0.25) is 4.79 Å². The minimum absolute atomic E-state index is 0.194. The van der Waals surface area contributed by atoms with E-state index in [0.29, 0.717) is 15.7 Å². The number of rotatable bonds is 3. The Bertz CT molecular complexity index is 797. The van der Waals surface area contributed by atoms with Gasteiger partial charge in [-0.1, -0.05) is 41.4 Å². The SMILES string of the molecule is O=C(Nc1cc(Cl)cc(Cl)c1)c1cnn(-c2ccccc2)n1. The maximum Gasteiger partial charge on any atom is 0.277 e. The molecule has 0 fully saturated rings. The van der Waals surface area contributed by atoms with Crippen molar-refractivity contribution in [1.82, 2.24) is 15.0 Å². The van der Waals surface area contributed by atoms with Crippen molar-refractivity contribution in [3.63, 3.8) is 0 Å². The van der Waals surface area contributed by atoms with E-state index in [1.165, 1.54) is 11.0 Å². The Morgan fingerprint density at radius 2 is 1.73 bits per heavy atom. The van der Waals surface area contributed by atoms with Gasteiger partial charge in [-0.05, 0) is 30.3 Å². The third-order valence-electron chi connectivity index (χ3n) is 2.83. The molecule has 1 aromatic heterocycles. The number of amides is 1. The summed E-state index contributed by atoms with van der Waals surface area (Å²) in [6.07, 6.45) is 1.40. The molecule has 3 rings (SSSR count). The van der Waals surface area contributed by atoms with Crippen LogP contribution in [-0.2, 0) is 0 Å². The Balaban J connectivity index is 1.80. The zero-order valence-electron chi connectivity index (χ0n) is 11.2. The quantitative estimate of drug-likeness (QED) is 0.792. The molecule has 1 heterocycles. The Morgan fingerprint density at radius 1 is 1.05 bits per heavy atom. The number of hydrogen-bond acceptors (Lipinski definition) is 3. The molecule has 0 aliphatic carbocycles. The molecule has 0 radical (unpaired) electrons. The lowest BCUT2D eigenvalue weighted by Crippen LogP contribution is -2.13. The molecule has 1 amide bonds. The Morgan fingerprint density at radius 3 is 2.41 bits per heavy atom. The average molecular weight is 333 g/mol. The monoisotopic (exact) mass is 332 g/mol. The molecule has 1 N–H and O–H groups in total. The molecule has 0 unspecified atom stereocenters. The van der Waals surface area contributed by atoms with Crippen LogP contribution in [0.25, 0.3) is 5.69 Å². The number of carbonyl (C=O) groups excluding carboxylic acids is 1. The Kier molecular flexibility index (Phi) is 4.09. The molecular weight excluding hydrogens is 323 g/mol. The predicted octanol–water partition coefficient (Wildman–Crippen LogP) is 3.83. The number of nitrogens with one attached hydrogen (secondary N) is 1. The van der Waals surface area contributed by atoms with Gasteiger partial charge in [0.2, 0.25) is 0 Å². The maximum absolute atomic E-state index is 12.2. The van der Waals surface area contributed by atoms with E-state index in [1.807, 2.05) is 30.3 Å². The van der Waals surface area contributed by atoms with Crippen LogP contribution in [-0.4, -0.2) is 20.9 Å². The second kappa shape index (κ2) is 6.17. The van der Waals surface area contributed by atoms with Gasteiger partial charge in [0.15, 0.2) is 5.69 Å². The minimum Gasteiger partial charge on any atom is -0.320 e. The molecule has 3 aromatic rings. The van der Waals surface area contributed by atoms with E-state index in [4.69, 9.17) is 23.2 Å². The molecular formula is C15H10Cl2N4O. The summed E-state index contributed by atoms with van der Waals surface area (Å²) in [5, 5.41) is 11.8. The third-order valence-corrected chi connectivity index (χ3v) is 3.27. The predicted molar refractivity (Wildman–Crippen MR) is 85.8 cm³/mol. The number of halogens is 2. The van der Waals surface area contributed by atoms with Crippen molar-refractivity contribution in [1.29, 1.82) is 0 Å². The summed E-state index contributed by atoms with van der Waals surface area (Å²) in [6.45, 7) is 0. The highest BCUT2D eigenvalue weighted by Gasteiger charge is 2.12. The summed E-state index contributed by atoms with van der Waals surface area (Å²) < 4.78 is 0. The van der Waals surface area contributed by atoms with Gasteiger partial charge in [0.25, 0.3) is 5.91 Å². The van der Waals surface area contributed by atoms with Crippen LogP contribution in [0.4, 0.5) is 5.69 Å². The second-order valence-corrected chi connectivity index (χ2v) is 5.34. The Labute approximate surface area is 136 Å². The first-order chi connectivity index (χ1) is 10.6. The van der Waals surface area contributed by atoms with Crippen molar-refractivity contribution in [2.45, 2.75) is 0 Å². The molecule has 0 saturated heterocycles. The van der Waals surface area contributed by atoms with Crippen LogP contribution in [0.1, 0.15) is 10.5 Å². The third kappa shape index (κ3) is 3.27. The molecule has 0 atom stereocenters. The smallest absolute Gasteiger partial charge is 0.277 e. The first-order valence-corrected chi connectivity index (χ1v) is 7.12. The zero-order valence-corrected chi connectivity index (χ0v) is 12.7. The molecule has 0 aliphatic heterocycles. The fourth-order valence-electron chi connectivity index (χ4n) is 1.87. The fraction of sp³-hybridized carbons (Fsp3) is 0. The van der Waals surface area contributed by atoms with Crippen LogP contribution in [0.5, 0.6) is 0 Å². The number of hydrogen-bond donors (Lipinski definition) is 1. The van der Waals surface area contributed by atoms with Gasteiger partial charge in [-0.25, -0.2) is 0 Å². The van der Waals surface area contributed by atoms with Crippen LogP contribution in [0.3, 0.4) is 0 Å². The summed E-state index contributed by atoms with van der Waals surface area (Å²) in [5.74, 6) is -0.388. The van der Waals surface area contributed by atoms with E-state index in [0.717, 1.165) is 5.69 Å². The average Bonchev–Trinajstić information content (AvgIpc) is 2.97. The summed E-state index contributed by atoms with van der Waals surface area (Å²) in [5.41, 5.74) is 1.46. The van der Waals surface area contributed by atoms with Crippen molar-refractivity contribution >= 4 is 34.8 Å². The molecule has 0 saturated carbocycles. The van der Waals surface area contributed by atoms with Crippen molar-refractivity contribution < 1.29 is 4.79 Å². The topological polar surface area (TPSA) is 59.8 Å². The van der Waals surface area contributed by atoms with Crippen LogP contribution >= 0.6 is 23.2 Å². The van der Waals surface area contributed by atoms with E-state index in [2.05, 4.69) is 15.5 Å². The van der Waals surface area contributed by atoms with Crippen LogP contribution in [0.15, 0.2) is 54.7 Å². The van der Waals surface area contributed by atoms with Crippen molar-refractivity contribution in [2.75, 3.05) is 5.32 Å². The number of benzene rings is 2. The first kappa shape index (κ1) is 14.6. The van der Waals surface area contributed by atoms with Gasteiger partial charge in [0.05, 0.1) is 11.9 Å². The lowest BCUT2D eigenvalue weighted by molar-refractivity contribution is 0.102. The highest BCUT2D eigenvalue weighted by atomic mass is 35.5. The summed E-state index contributed by atoms with van der Waals surface area (Å²) in [7, 11) is 0. The van der Waals surface area contributed by atoms with Crippen molar-refractivity contribution in [2.24, 2.45) is 0 Å². The van der Waals surface area contributed by atoms with Crippen LogP contribution in [0.2, 0.25) is 10.0 Å². The van der Waals surface area contributed by atoms with E-state index in [9.17, 15) is 4.79 Å². The summed E-state index contributed by atoms with van der Waals surface area (Å²) >= 11 is 11.8. The van der Waals surface area contributed by atoms with E-state index < -0.39 is 0 Å². The number of anilines is 1. The molecule has 0 bridgehead atoms. The van der Waals surface area contributed by atoms with E-state index in [-0.39, 0.29) is 11.6 Å². The lowest BCUT2D eigenvalue weighted by atomic mass is 10.3. The van der Waals surface area contributed by atoms with Crippen molar-refractivity contribution in [3.8, 4) is 5.69 Å². The number of aromatic nitrogens is 3. The summed E-state index contributed by atoms with van der Waals surface area (Å²) in [4.78, 5) is 13.6. The normalized spacial score (nSPS) is 10.5. The van der Waals surface area contributed by atoms with Gasteiger partial charge in [-0.15, -0.1) is 5.10 Å². The molecule has 2 aromatic carbocycles. The van der Waals surface area contributed by atoms with E-state index >= 15 is 0 Å². The van der Waals surface area contributed by atoms with E-state index in [1.54, 1.807) is 18.2 Å².